The molecule has 3 unspecified atom stereocenters. The molecular weight excluding hydrogens is 1090 g/mol. The van der Waals surface area contributed by atoms with Gasteiger partial charge in [0.05, 0.1) is 11.8 Å². The molecule has 10 rings (SSSR count). The van der Waals surface area contributed by atoms with Crippen LogP contribution in [0.2, 0.25) is 0 Å². The fourth-order valence-corrected chi connectivity index (χ4v) is 10.2. The molecule has 0 bridgehead atoms. The predicted octanol–water partition coefficient (Wildman–Crippen LogP) is 17.3. The van der Waals surface area contributed by atoms with E-state index in [1.807, 2.05) is 225 Å². The molecule has 466 valence electrons. The molecule has 2 heterocycles. The van der Waals surface area contributed by atoms with E-state index in [-0.39, 0.29) is 65.1 Å². The minimum absolute atomic E-state index is 0. The monoisotopic (exact) mass is 1190 g/mol. The number of carbonyl (C=O) groups excluding carboxylic acids is 4. The molecule has 1 aliphatic carbocycles. The van der Waals surface area contributed by atoms with Crippen molar-refractivity contribution in [2.24, 2.45) is 23.7 Å². The van der Waals surface area contributed by atoms with E-state index in [9.17, 15) is 43.8 Å². The van der Waals surface area contributed by atoms with E-state index in [2.05, 4.69) is 5.32 Å². The van der Waals surface area contributed by atoms with Crippen LogP contribution in [0.3, 0.4) is 0 Å². The van der Waals surface area contributed by atoms with Gasteiger partial charge >= 0.3 is 24.0 Å². The van der Waals surface area contributed by atoms with Gasteiger partial charge in [0.2, 0.25) is 0 Å². The summed E-state index contributed by atoms with van der Waals surface area (Å²) >= 11 is 0. The highest BCUT2D eigenvalue weighted by Crippen LogP contribution is 2.35. The van der Waals surface area contributed by atoms with Gasteiger partial charge in [0.15, 0.2) is 17.3 Å². The number of benzene rings is 7. The highest BCUT2D eigenvalue weighted by atomic mass is 16.6. The quantitative estimate of drug-likeness (QED) is 0.0751. The number of carboxylic acids is 3. The van der Waals surface area contributed by atoms with Gasteiger partial charge in [-0.3, -0.25) is 28.9 Å². The van der Waals surface area contributed by atoms with Crippen LogP contribution in [0.15, 0.2) is 194 Å². The van der Waals surface area contributed by atoms with Crippen LogP contribution in [0, 0.1) is 23.7 Å². The normalized spacial score (nSPS) is 17.3. The Morgan fingerprint density at radius 1 is 0.402 bits per heavy atom. The molecule has 3 fully saturated rings. The maximum absolute atomic E-state index is 13.1. The first-order valence-electron chi connectivity index (χ1n) is 29.4. The van der Waals surface area contributed by atoms with Gasteiger partial charge in [-0.25, -0.2) is 9.59 Å². The van der Waals surface area contributed by atoms with Crippen LogP contribution in [0.25, 0.3) is 33.4 Å². The lowest BCUT2D eigenvalue weighted by molar-refractivity contribution is -0.143. The minimum Gasteiger partial charge on any atom is -0.481 e. The Labute approximate surface area is 517 Å². The maximum Gasteiger partial charge on any atom is 0.410 e. The molecule has 1 saturated carbocycles. The summed E-state index contributed by atoms with van der Waals surface area (Å²) in [5.41, 5.74) is 8.70. The van der Waals surface area contributed by atoms with Crippen molar-refractivity contribution in [3.8, 4) is 33.4 Å². The Kier molecular flexibility index (Phi) is 35.5. The number of carbonyl (C=O) groups is 7. The van der Waals surface area contributed by atoms with E-state index in [1.165, 1.54) is 0 Å². The smallest absolute Gasteiger partial charge is 0.410 e. The van der Waals surface area contributed by atoms with Crippen molar-refractivity contribution in [2.75, 3.05) is 13.1 Å². The number of nitrogens with one attached hydrogen (secondary N) is 1. The molecule has 7 aromatic carbocycles. The third kappa shape index (κ3) is 21.3. The molecule has 0 spiro atoms. The van der Waals surface area contributed by atoms with Gasteiger partial charge in [-0.1, -0.05) is 278 Å². The number of rotatable bonds is 14. The second kappa shape index (κ2) is 40.5. The predicted molar refractivity (Wildman–Crippen MR) is 353 cm³/mol. The zero-order chi connectivity index (χ0) is 61.6. The molecule has 1 amide bonds. The number of aliphatic carboxylic acids is 3. The molecule has 0 radical (unpaired) electrons. The molecule has 13 heteroatoms. The second-order valence-electron chi connectivity index (χ2n) is 19.0. The summed E-state index contributed by atoms with van der Waals surface area (Å²) in [5.74, 6) is -5.65. The van der Waals surface area contributed by atoms with E-state index < -0.39 is 53.8 Å². The van der Waals surface area contributed by atoms with Crippen molar-refractivity contribution in [1.82, 2.24) is 10.2 Å². The summed E-state index contributed by atoms with van der Waals surface area (Å²) in [6.07, 6.45) is 2.21. The third-order valence-electron chi connectivity index (χ3n) is 14.3. The second-order valence-corrected chi connectivity index (χ2v) is 19.0. The SMILES string of the molecule is C.C.C.CC.CC.CC.CC.O=C(O)C1CCC[C@@H]1C(=O)c1ccc(-c2ccccc2)cc1.O=C(O)C1NCC[C@@H]1C(=O)c1ccc(-c2ccccc2)cc1.O=C(O)C1[C@@H](C(=O)c2ccc(-c3ccccc3)cc2)CCN1C(=O)OCc1ccccc1. The van der Waals surface area contributed by atoms with E-state index in [0.29, 0.717) is 42.5 Å². The van der Waals surface area contributed by atoms with Crippen LogP contribution in [-0.4, -0.2) is 86.7 Å². The summed E-state index contributed by atoms with van der Waals surface area (Å²) in [7, 11) is 0. The number of hydrogen-bond acceptors (Lipinski definition) is 9. The topological polar surface area (TPSA) is 205 Å². The Bertz CT molecular complexity index is 2990. The van der Waals surface area contributed by atoms with E-state index in [0.717, 1.165) is 50.3 Å². The highest BCUT2D eigenvalue weighted by molar-refractivity contribution is 6.03. The maximum atomic E-state index is 13.1. The third-order valence-corrected chi connectivity index (χ3v) is 14.3. The fraction of sp³-hybridized carbons (Fsp3) is 0.338. The van der Waals surface area contributed by atoms with Gasteiger partial charge in [-0.15, -0.1) is 0 Å². The molecule has 13 nitrogen and oxygen atoms in total. The van der Waals surface area contributed by atoms with Crippen molar-refractivity contribution in [3.63, 3.8) is 0 Å². The summed E-state index contributed by atoms with van der Waals surface area (Å²) < 4.78 is 5.30. The number of ether oxygens (including phenoxy) is 1. The van der Waals surface area contributed by atoms with Crippen LogP contribution in [0.1, 0.15) is 146 Å². The molecule has 0 aromatic heterocycles. The lowest BCUT2D eigenvalue weighted by atomic mass is 9.88. The Balaban J connectivity index is 0.000000619. The standard InChI is InChI=1S/C26H23NO5.C19H18O3.C18H17NO3.4C2H6.3CH4/c28-24(21-13-11-20(12-14-21)19-9-5-2-6-10-19)22-15-16-27(23(22)25(29)30)26(31)32-17-18-7-3-1-4-8-18;20-18(16-7-4-8-17(16)19(21)22)15-11-9-14(10-12-15)13-5-2-1-3-6-13;20-17(15-10-11-19-16(15)18(21)22)14-8-6-13(7-9-14)12-4-2-1-3-5-12;4*1-2;;;/h1-14,22-23H,15-17H2,(H,29,30);1-3,5-6,9-12,16-17H,4,7-8H2,(H,21,22);1-9,15-16,19H,10-11H2,(H,21,22);4*1-2H3;3*1H4/t22-,23?;16-,17?;15-,16?;;;;;;;/m000......./s1. The van der Waals surface area contributed by atoms with Gasteiger partial charge in [0.1, 0.15) is 18.7 Å². The number of ketones is 3. The Hall–Kier alpha value is -8.81. The van der Waals surface area contributed by atoms with Crippen molar-refractivity contribution in [3.05, 3.63) is 216 Å². The fourth-order valence-electron chi connectivity index (χ4n) is 10.2. The van der Waals surface area contributed by atoms with Gasteiger partial charge < -0.3 is 25.4 Å². The molecule has 2 aliphatic heterocycles. The van der Waals surface area contributed by atoms with Crippen molar-refractivity contribution in [1.29, 1.82) is 0 Å². The number of amides is 1. The first-order valence-corrected chi connectivity index (χ1v) is 29.4. The summed E-state index contributed by atoms with van der Waals surface area (Å²) in [6, 6.07) is 58.7. The van der Waals surface area contributed by atoms with Crippen LogP contribution in [0.4, 0.5) is 4.79 Å². The zero-order valence-corrected chi connectivity index (χ0v) is 49.7. The van der Waals surface area contributed by atoms with E-state index in [4.69, 9.17) is 9.84 Å². The lowest BCUT2D eigenvalue weighted by Gasteiger charge is -2.23. The number of likely N-dealkylation sites (tertiary alicyclic amines) is 1. The molecular formula is C74H94N2O11. The van der Waals surface area contributed by atoms with Crippen molar-refractivity contribution in [2.45, 2.75) is 128 Å². The summed E-state index contributed by atoms with van der Waals surface area (Å²) in [6.45, 7) is 16.8. The Morgan fingerprint density at radius 2 is 0.747 bits per heavy atom. The number of hydrogen-bond donors (Lipinski definition) is 4. The summed E-state index contributed by atoms with van der Waals surface area (Å²) in [4.78, 5) is 86.3. The van der Waals surface area contributed by atoms with Gasteiger partial charge in [0, 0.05) is 35.1 Å². The van der Waals surface area contributed by atoms with Crippen LogP contribution in [0.5, 0.6) is 0 Å². The van der Waals surface area contributed by atoms with Crippen LogP contribution >= 0.6 is 0 Å². The molecule has 6 atom stereocenters. The average molecular weight is 1190 g/mol. The molecule has 3 aliphatic rings. The van der Waals surface area contributed by atoms with Crippen molar-refractivity contribution < 1.29 is 53.6 Å². The molecule has 2 saturated heterocycles. The Morgan fingerprint density at radius 3 is 1.11 bits per heavy atom. The van der Waals surface area contributed by atoms with Crippen LogP contribution in [-0.2, 0) is 25.7 Å². The highest BCUT2D eigenvalue weighted by Gasteiger charge is 2.46. The molecule has 87 heavy (non-hydrogen) atoms. The van der Waals surface area contributed by atoms with Crippen LogP contribution < -0.4 is 5.32 Å². The summed E-state index contributed by atoms with van der Waals surface area (Å²) in [5, 5.41) is 31.0. The van der Waals surface area contributed by atoms with Gasteiger partial charge in [-0.2, -0.15) is 0 Å². The van der Waals surface area contributed by atoms with Gasteiger partial charge in [-0.05, 0) is 71.2 Å². The first-order chi connectivity index (χ1) is 40.9. The first kappa shape index (κ1) is 76.2. The van der Waals surface area contributed by atoms with Gasteiger partial charge in [0.25, 0.3) is 0 Å². The number of Topliss-reactive ketones (excluding diaryl/α,β-unsaturated/α-hetero) is 3. The largest absolute Gasteiger partial charge is 0.481 e. The zero-order valence-electron chi connectivity index (χ0n) is 49.7. The van der Waals surface area contributed by atoms with E-state index in [1.54, 1.807) is 24.3 Å². The average Bonchev–Trinajstić information content (AvgIpc) is 2.74. The lowest BCUT2D eigenvalue weighted by Crippen LogP contribution is -2.45. The molecule has 7 aromatic rings. The number of nitrogens with zero attached hydrogens (tertiary/aromatic N) is 1. The van der Waals surface area contributed by atoms with E-state index >= 15 is 0 Å². The molecule has 4 N–H and O–H groups in total. The number of carboxylic acid groups (broad SMARTS) is 3. The van der Waals surface area contributed by atoms with Crippen molar-refractivity contribution >= 4 is 41.4 Å². The minimum atomic E-state index is -1.25.